The molecule has 25 heavy (non-hydrogen) atoms. The average Bonchev–Trinajstić information content (AvgIpc) is 3.09. The summed E-state index contributed by atoms with van der Waals surface area (Å²) in [7, 11) is 0. The number of benzene rings is 1. The number of nitrogens with zero attached hydrogens (tertiary/aromatic N) is 1. The number of nitrogens with two attached hydrogens (primary N) is 1. The molecule has 2 saturated heterocycles. The molecule has 2 fully saturated rings. The maximum Gasteiger partial charge on any atom is 0.249 e. The van der Waals surface area contributed by atoms with Crippen LogP contribution in [-0.2, 0) is 27.4 Å². The molecule has 0 aromatic heterocycles. The molecule has 3 rings (SSSR count). The number of amides is 1. The lowest BCUT2D eigenvalue weighted by molar-refractivity contribution is -0.132. The van der Waals surface area contributed by atoms with E-state index in [-0.39, 0.29) is 18.1 Å². The van der Waals surface area contributed by atoms with E-state index in [9.17, 15) is 4.79 Å². The number of morpholine rings is 1. The van der Waals surface area contributed by atoms with Crippen LogP contribution in [0.15, 0.2) is 24.3 Å². The third-order valence-corrected chi connectivity index (χ3v) is 4.85. The predicted octanol–water partition coefficient (Wildman–Crippen LogP) is 1.03. The maximum atomic E-state index is 12.2. The number of hydrogen-bond acceptors (Lipinski definition) is 5. The number of hydrogen-bond donors (Lipinski definition) is 2. The number of ether oxygens (including phenoxy) is 2. The Balaban J connectivity index is 1.49. The molecule has 6 nitrogen and oxygen atoms in total. The van der Waals surface area contributed by atoms with Crippen LogP contribution < -0.4 is 11.1 Å². The standard InChI is InChI=1S/C19H29N3O3/c1-14-12-22(7-8-24-14)13-16-4-2-3-15(9-16)11-21-19(23)18-6-5-17(10-20)25-18/h2-4,9,14,17-18H,5-8,10-13,20H2,1H3,(H,21,23)/t14?,17-,18+/m1/s1. The molecule has 2 heterocycles. The van der Waals surface area contributed by atoms with Crippen LogP contribution in [0, 0.1) is 0 Å². The number of carbonyl (C=O) groups is 1. The zero-order valence-electron chi connectivity index (χ0n) is 14.9. The van der Waals surface area contributed by atoms with Crippen molar-refractivity contribution in [3.63, 3.8) is 0 Å². The van der Waals surface area contributed by atoms with E-state index in [1.54, 1.807) is 0 Å². The lowest BCUT2D eigenvalue weighted by atomic mass is 10.1. The molecule has 1 aromatic rings. The SMILES string of the molecule is CC1CN(Cc2cccc(CNC(=O)[C@@H]3CC[C@H](CN)O3)c2)CCO1. The van der Waals surface area contributed by atoms with E-state index < -0.39 is 0 Å². The van der Waals surface area contributed by atoms with Crippen LogP contribution in [0.4, 0.5) is 0 Å². The molecule has 2 aliphatic rings. The van der Waals surface area contributed by atoms with Crippen LogP contribution in [0.2, 0.25) is 0 Å². The molecule has 138 valence electrons. The maximum absolute atomic E-state index is 12.2. The molecule has 0 radical (unpaired) electrons. The van der Waals surface area contributed by atoms with Crippen LogP contribution in [0.5, 0.6) is 0 Å². The molecule has 3 atom stereocenters. The van der Waals surface area contributed by atoms with Gasteiger partial charge in [-0.2, -0.15) is 0 Å². The van der Waals surface area contributed by atoms with Gasteiger partial charge in [0.05, 0.1) is 18.8 Å². The van der Waals surface area contributed by atoms with Gasteiger partial charge in [-0.3, -0.25) is 9.69 Å². The Kier molecular flexibility index (Phi) is 6.42. The van der Waals surface area contributed by atoms with Crippen LogP contribution in [0.3, 0.4) is 0 Å². The van der Waals surface area contributed by atoms with E-state index in [1.807, 2.05) is 6.07 Å². The van der Waals surface area contributed by atoms with Crippen molar-refractivity contribution in [3.05, 3.63) is 35.4 Å². The number of carbonyl (C=O) groups excluding carboxylic acids is 1. The van der Waals surface area contributed by atoms with Gasteiger partial charge in [0.15, 0.2) is 0 Å². The quantitative estimate of drug-likeness (QED) is 0.804. The van der Waals surface area contributed by atoms with E-state index in [4.69, 9.17) is 15.2 Å². The second kappa shape index (κ2) is 8.76. The molecule has 2 aliphatic heterocycles. The highest BCUT2D eigenvalue weighted by Crippen LogP contribution is 2.19. The summed E-state index contributed by atoms with van der Waals surface area (Å²) in [5, 5.41) is 2.99. The Bertz CT molecular complexity index is 581. The minimum atomic E-state index is -0.355. The van der Waals surface area contributed by atoms with Crippen LogP contribution in [0.25, 0.3) is 0 Å². The molecule has 1 unspecified atom stereocenters. The van der Waals surface area contributed by atoms with Crippen molar-refractivity contribution in [2.75, 3.05) is 26.2 Å². The summed E-state index contributed by atoms with van der Waals surface area (Å²) in [4.78, 5) is 14.6. The smallest absolute Gasteiger partial charge is 0.249 e. The monoisotopic (exact) mass is 347 g/mol. The van der Waals surface area contributed by atoms with E-state index >= 15 is 0 Å². The minimum absolute atomic E-state index is 0.0231. The van der Waals surface area contributed by atoms with Crippen LogP contribution >= 0.6 is 0 Å². The fourth-order valence-corrected chi connectivity index (χ4v) is 3.51. The minimum Gasteiger partial charge on any atom is -0.376 e. The molecule has 0 spiro atoms. The third-order valence-electron chi connectivity index (χ3n) is 4.85. The van der Waals surface area contributed by atoms with Gasteiger partial charge in [0.2, 0.25) is 5.91 Å². The molecular weight excluding hydrogens is 318 g/mol. The molecule has 1 aromatic carbocycles. The van der Waals surface area contributed by atoms with Crippen molar-refractivity contribution in [2.24, 2.45) is 5.73 Å². The fraction of sp³-hybridized carbons (Fsp3) is 0.632. The molecule has 3 N–H and O–H groups in total. The second-order valence-electron chi connectivity index (χ2n) is 7.01. The molecule has 1 amide bonds. The molecule has 0 saturated carbocycles. The first-order valence-electron chi connectivity index (χ1n) is 9.19. The van der Waals surface area contributed by atoms with Crippen molar-refractivity contribution in [1.29, 1.82) is 0 Å². The summed E-state index contributed by atoms with van der Waals surface area (Å²) in [6.07, 6.45) is 1.58. The Hall–Kier alpha value is -1.47. The van der Waals surface area contributed by atoms with Crippen molar-refractivity contribution < 1.29 is 14.3 Å². The third kappa shape index (κ3) is 5.25. The Morgan fingerprint density at radius 3 is 2.96 bits per heavy atom. The van der Waals surface area contributed by atoms with Crippen molar-refractivity contribution >= 4 is 5.91 Å². The van der Waals surface area contributed by atoms with E-state index in [0.717, 1.165) is 44.6 Å². The summed E-state index contributed by atoms with van der Waals surface area (Å²) >= 11 is 0. The Morgan fingerprint density at radius 1 is 1.36 bits per heavy atom. The normalized spacial score (nSPS) is 27.4. The highest BCUT2D eigenvalue weighted by molar-refractivity contribution is 5.81. The van der Waals surface area contributed by atoms with Gasteiger partial charge in [0.25, 0.3) is 0 Å². The molecule has 0 aliphatic carbocycles. The Morgan fingerprint density at radius 2 is 2.20 bits per heavy atom. The van der Waals surface area contributed by atoms with E-state index in [2.05, 4.69) is 35.3 Å². The van der Waals surface area contributed by atoms with Crippen LogP contribution in [-0.4, -0.2) is 55.4 Å². The molecular formula is C19H29N3O3. The lowest BCUT2D eigenvalue weighted by Gasteiger charge is -2.31. The van der Waals surface area contributed by atoms with Gasteiger partial charge in [0.1, 0.15) is 6.10 Å². The zero-order chi connectivity index (χ0) is 17.6. The fourth-order valence-electron chi connectivity index (χ4n) is 3.51. The summed E-state index contributed by atoms with van der Waals surface area (Å²) in [6, 6.07) is 8.40. The number of rotatable bonds is 6. The first kappa shape index (κ1) is 18.3. The summed E-state index contributed by atoms with van der Waals surface area (Å²) in [6.45, 7) is 6.75. The highest BCUT2D eigenvalue weighted by atomic mass is 16.5. The number of nitrogens with one attached hydrogen (secondary N) is 1. The van der Waals surface area contributed by atoms with Crippen molar-refractivity contribution in [2.45, 2.75) is 51.2 Å². The van der Waals surface area contributed by atoms with Crippen molar-refractivity contribution in [3.8, 4) is 0 Å². The summed E-state index contributed by atoms with van der Waals surface area (Å²) in [5.41, 5.74) is 7.97. The predicted molar refractivity (Wildman–Crippen MR) is 95.9 cm³/mol. The van der Waals surface area contributed by atoms with Gasteiger partial charge in [-0.05, 0) is 30.9 Å². The van der Waals surface area contributed by atoms with Gasteiger partial charge >= 0.3 is 0 Å². The van der Waals surface area contributed by atoms with E-state index in [0.29, 0.717) is 19.2 Å². The lowest BCUT2D eigenvalue weighted by Crippen LogP contribution is -2.40. The van der Waals surface area contributed by atoms with Gasteiger partial charge in [-0.25, -0.2) is 0 Å². The van der Waals surface area contributed by atoms with Gasteiger partial charge < -0.3 is 20.5 Å². The summed E-state index contributed by atoms with van der Waals surface area (Å²) in [5.74, 6) is -0.0386. The summed E-state index contributed by atoms with van der Waals surface area (Å²) < 4.78 is 11.2. The first-order valence-corrected chi connectivity index (χ1v) is 9.19. The molecule has 0 bridgehead atoms. The zero-order valence-corrected chi connectivity index (χ0v) is 14.9. The average molecular weight is 347 g/mol. The molecule has 6 heteroatoms. The van der Waals surface area contributed by atoms with Gasteiger partial charge in [-0.1, -0.05) is 24.3 Å². The first-order chi connectivity index (χ1) is 12.1. The van der Waals surface area contributed by atoms with Gasteiger partial charge in [-0.15, -0.1) is 0 Å². The Labute approximate surface area is 149 Å². The van der Waals surface area contributed by atoms with Gasteiger partial charge in [0, 0.05) is 32.7 Å². The second-order valence-corrected chi connectivity index (χ2v) is 7.01. The van der Waals surface area contributed by atoms with Crippen molar-refractivity contribution in [1.82, 2.24) is 10.2 Å². The topological polar surface area (TPSA) is 76.8 Å². The van der Waals surface area contributed by atoms with E-state index in [1.165, 1.54) is 5.56 Å². The van der Waals surface area contributed by atoms with Crippen LogP contribution in [0.1, 0.15) is 30.9 Å². The highest BCUT2D eigenvalue weighted by Gasteiger charge is 2.29. The largest absolute Gasteiger partial charge is 0.376 e.